The largest absolute Gasteiger partial charge is 0.468 e. The Balaban J connectivity index is 1.24. The van der Waals surface area contributed by atoms with Gasteiger partial charge in [0.05, 0.1) is 17.0 Å². The van der Waals surface area contributed by atoms with Crippen molar-refractivity contribution >= 4 is 27.5 Å². The summed E-state index contributed by atoms with van der Waals surface area (Å²) in [5.74, 6) is 0.958. The molecule has 3 aliphatic heterocycles. The minimum absolute atomic E-state index is 0.0529. The normalized spacial score (nSPS) is 27.9. The van der Waals surface area contributed by atoms with Crippen LogP contribution < -0.4 is 14.4 Å². The van der Waals surface area contributed by atoms with Crippen molar-refractivity contribution in [3.05, 3.63) is 48.4 Å². The molecule has 3 saturated heterocycles. The summed E-state index contributed by atoms with van der Waals surface area (Å²) in [6.45, 7) is 2.86. The average Bonchev–Trinajstić information content (AvgIpc) is 3.66. The minimum Gasteiger partial charge on any atom is -0.468 e. The molecule has 1 saturated carbocycles. The maximum absolute atomic E-state index is 16.8. The number of methoxy groups -OCH3 is 1. The van der Waals surface area contributed by atoms with Gasteiger partial charge in [-0.1, -0.05) is 24.3 Å². The highest BCUT2D eigenvalue weighted by Gasteiger charge is 2.49. The van der Waals surface area contributed by atoms with Crippen molar-refractivity contribution in [2.75, 3.05) is 51.6 Å². The van der Waals surface area contributed by atoms with E-state index in [-0.39, 0.29) is 42.6 Å². The molecule has 4 aromatic rings. The zero-order chi connectivity index (χ0) is 30.7. The number of hydrogen-bond acceptors (Lipinski definition) is 9. The van der Waals surface area contributed by atoms with E-state index in [9.17, 15) is 9.50 Å². The summed E-state index contributed by atoms with van der Waals surface area (Å²) in [5.41, 5.74) is 0.431. The Morgan fingerprint density at radius 2 is 1.96 bits per heavy atom. The molecule has 4 aliphatic rings. The highest BCUT2D eigenvalue weighted by atomic mass is 19.1. The Hall–Kier alpha value is -3.67. The van der Waals surface area contributed by atoms with E-state index in [1.54, 1.807) is 19.4 Å². The van der Waals surface area contributed by atoms with Crippen LogP contribution in [0.15, 0.2) is 42.6 Å². The first-order valence-corrected chi connectivity index (χ1v) is 15.9. The molecule has 5 atom stereocenters. The Labute approximate surface area is 260 Å². The van der Waals surface area contributed by atoms with E-state index in [1.165, 1.54) is 0 Å². The van der Waals surface area contributed by atoms with Crippen LogP contribution in [-0.2, 0) is 4.74 Å². The fraction of sp³-hybridized carbons (Fsp3) is 0.500. The van der Waals surface area contributed by atoms with E-state index in [0.29, 0.717) is 54.5 Å². The molecule has 2 aromatic carbocycles. The third-order valence-electron chi connectivity index (χ3n) is 10.3. The van der Waals surface area contributed by atoms with E-state index >= 15 is 4.39 Å². The van der Waals surface area contributed by atoms with Gasteiger partial charge in [0.25, 0.3) is 0 Å². The lowest BCUT2D eigenvalue weighted by Gasteiger charge is -2.34. The van der Waals surface area contributed by atoms with Gasteiger partial charge in [-0.2, -0.15) is 9.97 Å². The van der Waals surface area contributed by atoms with Gasteiger partial charge in [-0.15, -0.1) is 0 Å². The number of fused-ring (bicyclic) bond motifs is 5. The zero-order valence-corrected chi connectivity index (χ0v) is 25.3. The number of aromatic nitrogens is 3. The molecule has 0 amide bonds. The van der Waals surface area contributed by atoms with Gasteiger partial charge in [0, 0.05) is 50.8 Å². The zero-order valence-electron chi connectivity index (χ0n) is 25.3. The smallest absolute Gasteiger partial charge is 0.319 e. The number of nitrogens with zero attached hydrogens (tertiary/aromatic N) is 5. The topological polar surface area (TPSA) is 93.1 Å². The molecule has 4 fully saturated rings. The fourth-order valence-electron chi connectivity index (χ4n) is 8.25. The van der Waals surface area contributed by atoms with Gasteiger partial charge in [-0.25, -0.2) is 8.78 Å². The van der Waals surface area contributed by atoms with Crippen LogP contribution in [0.5, 0.6) is 11.8 Å². The summed E-state index contributed by atoms with van der Waals surface area (Å²) in [5, 5.41) is 12.8. The van der Waals surface area contributed by atoms with Crippen LogP contribution in [0, 0.1) is 17.7 Å². The Morgan fingerprint density at radius 1 is 1.07 bits per heavy atom. The Kier molecular flexibility index (Phi) is 7.22. The number of benzene rings is 2. The van der Waals surface area contributed by atoms with Crippen molar-refractivity contribution in [3.8, 4) is 23.0 Å². The molecule has 0 radical (unpaired) electrons. The molecule has 45 heavy (non-hydrogen) atoms. The molecular weight excluding hydrogens is 580 g/mol. The van der Waals surface area contributed by atoms with Gasteiger partial charge < -0.3 is 24.2 Å². The quantitative estimate of drug-likeness (QED) is 0.270. The first-order chi connectivity index (χ1) is 21.9. The predicted octanol–water partition coefficient (Wildman–Crippen LogP) is 5.13. The maximum Gasteiger partial charge on any atom is 0.319 e. The summed E-state index contributed by atoms with van der Waals surface area (Å²) in [6.07, 6.45) is 4.37. The number of aliphatic hydroxyl groups is 1. The van der Waals surface area contributed by atoms with E-state index in [0.717, 1.165) is 43.0 Å². The van der Waals surface area contributed by atoms with E-state index in [4.69, 9.17) is 19.2 Å². The summed E-state index contributed by atoms with van der Waals surface area (Å²) >= 11 is 0. The standard InChI is InChI=1S/C34H37F2N5O4/c1-43-19-45-24-11-21-5-2-3-6-25(21)26(12-24)30-29(36)31-27(14-37-30)32(40-15-20-9-22(16-40)28(42)10-20)39-33(38-31)44-18-34-7-4-8-41(34)17-23(35)13-34/h2-3,5-6,11-12,14,20,22-23,28,42H,4,7-10,13,15-19H2,1H3/t20-,22-,23-,28-,34+/m1/s1. The van der Waals surface area contributed by atoms with Crippen molar-refractivity contribution in [2.45, 2.75) is 49.9 Å². The van der Waals surface area contributed by atoms with E-state index < -0.39 is 17.5 Å². The summed E-state index contributed by atoms with van der Waals surface area (Å²) in [6, 6.07) is 11.4. The number of piperidine rings is 1. The monoisotopic (exact) mass is 617 g/mol. The lowest BCUT2D eigenvalue weighted by Crippen LogP contribution is -2.43. The number of pyridine rings is 1. The SMILES string of the molecule is COCOc1cc(-c2ncc3c(N4C[C@@H]5C[C@H](C4)[C@H](O)C5)nc(OC[C@@]45CCCN4C[C@H](F)C5)nc3c2F)c2ccccc2c1. The molecule has 1 aliphatic carbocycles. The molecule has 1 N–H and O–H groups in total. The van der Waals surface area contributed by atoms with Crippen LogP contribution in [0.3, 0.4) is 0 Å². The Bertz CT molecular complexity index is 1760. The second kappa shape index (κ2) is 11.3. The van der Waals surface area contributed by atoms with E-state index in [1.807, 2.05) is 30.3 Å². The second-order valence-corrected chi connectivity index (χ2v) is 13.2. The third-order valence-corrected chi connectivity index (χ3v) is 10.3. The molecular formula is C34H37F2N5O4. The first-order valence-electron chi connectivity index (χ1n) is 15.9. The molecule has 2 aromatic heterocycles. The molecule has 236 valence electrons. The maximum atomic E-state index is 16.8. The van der Waals surface area contributed by atoms with Crippen molar-refractivity contribution in [2.24, 2.45) is 11.8 Å². The molecule has 2 bridgehead atoms. The number of anilines is 1. The van der Waals surface area contributed by atoms with Crippen LogP contribution >= 0.6 is 0 Å². The van der Waals surface area contributed by atoms with Gasteiger partial charge in [-0.3, -0.25) is 9.88 Å². The number of ether oxygens (including phenoxy) is 3. The van der Waals surface area contributed by atoms with Crippen molar-refractivity contribution in [3.63, 3.8) is 0 Å². The van der Waals surface area contributed by atoms with Gasteiger partial charge >= 0.3 is 6.01 Å². The van der Waals surface area contributed by atoms with Crippen molar-refractivity contribution in [1.29, 1.82) is 0 Å². The number of halogens is 2. The summed E-state index contributed by atoms with van der Waals surface area (Å²) in [4.78, 5) is 18.4. The number of alkyl halides is 1. The van der Waals surface area contributed by atoms with Crippen LogP contribution in [0.25, 0.3) is 32.9 Å². The number of hydrogen-bond donors (Lipinski definition) is 1. The van der Waals surface area contributed by atoms with Crippen molar-refractivity contribution in [1.82, 2.24) is 19.9 Å². The first kappa shape index (κ1) is 28.8. The summed E-state index contributed by atoms with van der Waals surface area (Å²) < 4.78 is 48.4. The van der Waals surface area contributed by atoms with Crippen LogP contribution in [-0.4, -0.2) is 89.5 Å². The highest BCUT2D eigenvalue weighted by molar-refractivity contribution is 6.00. The molecule has 0 unspecified atom stereocenters. The lowest BCUT2D eigenvalue weighted by molar-refractivity contribution is 0.0512. The van der Waals surface area contributed by atoms with Gasteiger partial charge in [0.15, 0.2) is 12.6 Å². The molecule has 0 spiro atoms. The summed E-state index contributed by atoms with van der Waals surface area (Å²) in [7, 11) is 1.55. The van der Waals surface area contributed by atoms with Gasteiger partial charge in [0.1, 0.15) is 35.6 Å². The van der Waals surface area contributed by atoms with Gasteiger partial charge in [-0.05, 0) is 61.1 Å². The fourth-order valence-corrected chi connectivity index (χ4v) is 8.25. The number of rotatable bonds is 8. The molecule has 8 rings (SSSR count). The van der Waals surface area contributed by atoms with Gasteiger partial charge in [0.2, 0.25) is 0 Å². The number of aliphatic hydroxyl groups excluding tert-OH is 1. The highest BCUT2D eigenvalue weighted by Crippen LogP contribution is 2.43. The predicted molar refractivity (Wildman–Crippen MR) is 166 cm³/mol. The molecule has 9 nitrogen and oxygen atoms in total. The lowest BCUT2D eigenvalue weighted by atomic mass is 9.95. The minimum atomic E-state index is -0.887. The molecule has 5 heterocycles. The molecule has 11 heteroatoms. The second-order valence-electron chi connectivity index (χ2n) is 13.2. The van der Waals surface area contributed by atoms with Crippen LogP contribution in [0.4, 0.5) is 14.6 Å². The van der Waals surface area contributed by atoms with Crippen LogP contribution in [0.2, 0.25) is 0 Å². The van der Waals surface area contributed by atoms with Crippen LogP contribution in [0.1, 0.15) is 32.1 Å². The van der Waals surface area contributed by atoms with E-state index in [2.05, 4.69) is 19.8 Å². The Morgan fingerprint density at radius 3 is 2.82 bits per heavy atom. The van der Waals surface area contributed by atoms with Crippen molar-refractivity contribution < 1.29 is 28.1 Å². The third kappa shape index (κ3) is 5.05. The average molecular weight is 618 g/mol.